The van der Waals surface area contributed by atoms with E-state index < -0.39 is 6.04 Å². The zero-order valence-electron chi connectivity index (χ0n) is 9.63. The van der Waals surface area contributed by atoms with E-state index in [4.69, 9.17) is 5.11 Å². The molecule has 0 aromatic heterocycles. The highest BCUT2D eigenvalue weighted by Gasteiger charge is 2.47. The summed E-state index contributed by atoms with van der Waals surface area (Å²) in [7, 11) is 0. The number of carbonyl (C=O) groups excluding carboxylic acids is 3. The van der Waals surface area contributed by atoms with E-state index in [-0.39, 0.29) is 37.5 Å². The van der Waals surface area contributed by atoms with Crippen molar-refractivity contribution in [2.75, 3.05) is 32.8 Å². The first-order chi connectivity index (χ1) is 8.06. The van der Waals surface area contributed by atoms with Crippen LogP contribution in [-0.4, -0.2) is 76.5 Å². The van der Waals surface area contributed by atoms with Crippen LogP contribution >= 0.6 is 0 Å². The molecule has 0 radical (unpaired) electrons. The molecule has 17 heavy (non-hydrogen) atoms. The largest absolute Gasteiger partial charge is 0.395 e. The molecule has 2 rings (SSSR count). The van der Waals surface area contributed by atoms with Gasteiger partial charge in [-0.15, -0.1) is 0 Å². The van der Waals surface area contributed by atoms with E-state index in [0.29, 0.717) is 13.1 Å². The third-order valence-corrected chi connectivity index (χ3v) is 3.18. The average molecular weight is 241 g/mol. The zero-order valence-corrected chi connectivity index (χ0v) is 9.63. The minimum atomic E-state index is -0.577. The van der Waals surface area contributed by atoms with Crippen molar-refractivity contribution in [3.05, 3.63) is 0 Å². The standard InChI is InChI=1S/C10H15N3O4/c1-7(15)11-2-3-12-8(6-11)9(16)13(4-5-14)10(12)17/h8,14H,2-6H2,1H3/t8-/m1/s1. The number of β-amino-alcohol motifs (C(OH)–C–C–N with tert-alkyl or cyclic N) is 1. The van der Waals surface area contributed by atoms with Gasteiger partial charge in [-0.3, -0.25) is 14.5 Å². The smallest absolute Gasteiger partial charge is 0.327 e. The monoisotopic (exact) mass is 241 g/mol. The van der Waals surface area contributed by atoms with Gasteiger partial charge in [0.1, 0.15) is 6.04 Å². The highest BCUT2D eigenvalue weighted by molar-refractivity contribution is 6.04. The summed E-state index contributed by atoms with van der Waals surface area (Å²) in [5.41, 5.74) is 0. The van der Waals surface area contributed by atoms with Crippen molar-refractivity contribution in [2.45, 2.75) is 13.0 Å². The molecule has 1 atom stereocenters. The van der Waals surface area contributed by atoms with E-state index in [1.165, 1.54) is 11.8 Å². The first-order valence-corrected chi connectivity index (χ1v) is 5.54. The summed E-state index contributed by atoms with van der Waals surface area (Å²) < 4.78 is 0. The minimum Gasteiger partial charge on any atom is -0.395 e. The van der Waals surface area contributed by atoms with Crippen LogP contribution in [0.2, 0.25) is 0 Å². The van der Waals surface area contributed by atoms with Crippen molar-refractivity contribution < 1.29 is 19.5 Å². The van der Waals surface area contributed by atoms with Gasteiger partial charge in [-0.05, 0) is 0 Å². The number of carbonyl (C=O) groups is 3. The van der Waals surface area contributed by atoms with Crippen molar-refractivity contribution in [3.63, 3.8) is 0 Å². The van der Waals surface area contributed by atoms with Crippen LogP contribution in [0.1, 0.15) is 6.92 Å². The Hall–Kier alpha value is -1.63. The third-order valence-electron chi connectivity index (χ3n) is 3.18. The first kappa shape index (κ1) is 11.8. The van der Waals surface area contributed by atoms with Crippen molar-refractivity contribution in [2.24, 2.45) is 0 Å². The van der Waals surface area contributed by atoms with Crippen LogP contribution in [0, 0.1) is 0 Å². The van der Waals surface area contributed by atoms with Crippen molar-refractivity contribution in [1.29, 1.82) is 0 Å². The second-order valence-electron chi connectivity index (χ2n) is 4.17. The Bertz CT molecular complexity index is 371. The molecule has 0 unspecified atom stereocenters. The molecule has 2 heterocycles. The molecule has 7 heteroatoms. The average Bonchev–Trinajstić information content (AvgIpc) is 2.54. The molecule has 2 aliphatic heterocycles. The van der Waals surface area contributed by atoms with Crippen LogP contribution < -0.4 is 0 Å². The summed E-state index contributed by atoms with van der Waals surface area (Å²) in [6, 6.07) is -0.941. The fourth-order valence-electron chi connectivity index (χ4n) is 2.24. The topological polar surface area (TPSA) is 81.2 Å². The van der Waals surface area contributed by atoms with Gasteiger partial charge in [0, 0.05) is 20.0 Å². The highest BCUT2D eigenvalue weighted by atomic mass is 16.3. The number of aliphatic hydroxyl groups is 1. The molecule has 4 amide bonds. The third kappa shape index (κ3) is 1.86. The number of imide groups is 1. The number of hydrogen-bond acceptors (Lipinski definition) is 4. The second kappa shape index (κ2) is 4.33. The maximum absolute atomic E-state index is 11.9. The fraction of sp³-hybridized carbons (Fsp3) is 0.700. The van der Waals surface area contributed by atoms with Gasteiger partial charge < -0.3 is 14.9 Å². The van der Waals surface area contributed by atoms with Gasteiger partial charge in [-0.25, -0.2) is 4.79 Å². The lowest BCUT2D eigenvalue weighted by atomic mass is 10.2. The van der Waals surface area contributed by atoms with Crippen molar-refractivity contribution in [1.82, 2.24) is 14.7 Å². The molecule has 7 nitrogen and oxygen atoms in total. The Morgan fingerprint density at radius 1 is 1.41 bits per heavy atom. The Morgan fingerprint density at radius 2 is 2.12 bits per heavy atom. The van der Waals surface area contributed by atoms with Crippen LogP contribution in [0.5, 0.6) is 0 Å². The lowest BCUT2D eigenvalue weighted by molar-refractivity contribution is -0.134. The number of rotatable bonds is 2. The SMILES string of the molecule is CC(=O)N1CCN2C(=O)N(CCO)C(=O)[C@H]2C1. The highest BCUT2D eigenvalue weighted by Crippen LogP contribution is 2.21. The van der Waals surface area contributed by atoms with Gasteiger partial charge in [0.05, 0.1) is 19.7 Å². The summed E-state index contributed by atoms with van der Waals surface area (Å²) in [5, 5.41) is 8.81. The molecule has 0 bridgehead atoms. The van der Waals surface area contributed by atoms with Gasteiger partial charge in [0.15, 0.2) is 0 Å². The number of urea groups is 1. The maximum Gasteiger partial charge on any atom is 0.327 e. The van der Waals surface area contributed by atoms with Crippen LogP contribution in [0.15, 0.2) is 0 Å². The minimum absolute atomic E-state index is 0.0186. The summed E-state index contributed by atoms with van der Waals surface area (Å²) in [6.45, 7) is 2.30. The van der Waals surface area contributed by atoms with Crippen molar-refractivity contribution >= 4 is 17.8 Å². The first-order valence-electron chi connectivity index (χ1n) is 5.54. The predicted molar refractivity (Wildman–Crippen MR) is 56.9 cm³/mol. The molecule has 0 aliphatic carbocycles. The van der Waals surface area contributed by atoms with Crippen LogP contribution in [0.3, 0.4) is 0 Å². The zero-order chi connectivity index (χ0) is 12.6. The van der Waals surface area contributed by atoms with E-state index in [1.54, 1.807) is 4.90 Å². The van der Waals surface area contributed by atoms with E-state index in [2.05, 4.69) is 0 Å². The number of hydrogen-bond donors (Lipinski definition) is 1. The van der Waals surface area contributed by atoms with E-state index >= 15 is 0 Å². The molecule has 1 N–H and O–H groups in total. The Kier molecular flexibility index (Phi) is 3.01. The van der Waals surface area contributed by atoms with Gasteiger partial charge in [-0.2, -0.15) is 0 Å². The molecule has 2 aliphatic rings. The summed E-state index contributed by atoms with van der Waals surface area (Å²) in [6.07, 6.45) is 0. The van der Waals surface area contributed by atoms with Crippen LogP contribution in [0.4, 0.5) is 4.79 Å². The van der Waals surface area contributed by atoms with Gasteiger partial charge in [0.25, 0.3) is 5.91 Å². The fourth-order valence-corrected chi connectivity index (χ4v) is 2.24. The Labute approximate surface area is 98.6 Å². The second-order valence-corrected chi connectivity index (χ2v) is 4.17. The molecule has 0 aromatic carbocycles. The lowest BCUT2D eigenvalue weighted by Crippen LogP contribution is -2.54. The van der Waals surface area contributed by atoms with E-state index in [0.717, 1.165) is 4.90 Å². The molecular formula is C10H15N3O4. The van der Waals surface area contributed by atoms with E-state index in [9.17, 15) is 14.4 Å². The number of amides is 4. The predicted octanol–water partition coefficient (Wildman–Crippen LogP) is -1.53. The number of piperazine rings is 1. The molecule has 2 saturated heterocycles. The molecule has 94 valence electrons. The number of nitrogens with zero attached hydrogens (tertiary/aromatic N) is 3. The Balaban J connectivity index is 2.14. The molecule has 2 fully saturated rings. The number of fused-ring (bicyclic) bond motifs is 1. The van der Waals surface area contributed by atoms with Gasteiger partial charge >= 0.3 is 6.03 Å². The number of aliphatic hydroxyl groups excluding tert-OH is 1. The normalized spacial score (nSPS) is 24.4. The molecule has 0 spiro atoms. The van der Waals surface area contributed by atoms with Gasteiger partial charge in [-0.1, -0.05) is 0 Å². The molecule has 0 saturated carbocycles. The maximum atomic E-state index is 11.9. The molecule has 0 aromatic rings. The van der Waals surface area contributed by atoms with Crippen molar-refractivity contribution in [3.8, 4) is 0 Å². The van der Waals surface area contributed by atoms with E-state index in [1.807, 2.05) is 0 Å². The summed E-state index contributed by atoms with van der Waals surface area (Å²) in [5.74, 6) is -0.416. The quantitative estimate of drug-likeness (QED) is 0.595. The molecular weight excluding hydrogens is 226 g/mol. The van der Waals surface area contributed by atoms with Crippen LogP contribution in [0.25, 0.3) is 0 Å². The lowest BCUT2D eigenvalue weighted by Gasteiger charge is -2.34. The Morgan fingerprint density at radius 3 is 2.71 bits per heavy atom. The summed E-state index contributed by atoms with van der Waals surface area (Å²) in [4.78, 5) is 39.1. The van der Waals surface area contributed by atoms with Crippen LogP contribution in [-0.2, 0) is 9.59 Å². The van der Waals surface area contributed by atoms with Gasteiger partial charge in [0.2, 0.25) is 5.91 Å². The summed E-state index contributed by atoms with van der Waals surface area (Å²) >= 11 is 0.